The van der Waals surface area contributed by atoms with E-state index in [9.17, 15) is 0 Å². The van der Waals surface area contributed by atoms with Crippen molar-refractivity contribution in [1.82, 2.24) is 9.97 Å². The van der Waals surface area contributed by atoms with Crippen molar-refractivity contribution in [3.63, 3.8) is 0 Å². The maximum atomic E-state index is 6.03. The Hall–Kier alpha value is -1.61. The van der Waals surface area contributed by atoms with E-state index in [1.165, 1.54) is 0 Å². The van der Waals surface area contributed by atoms with Crippen LogP contribution in [0.3, 0.4) is 0 Å². The number of benzene rings is 1. The van der Waals surface area contributed by atoms with Crippen molar-refractivity contribution in [3.8, 4) is 17.3 Å². The van der Waals surface area contributed by atoms with Crippen LogP contribution in [-0.2, 0) is 0 Å². The molecule has 0 radical (unpaired) electrons. The van der Waals surface area contributed by atoms with Crippen LogP contribution in [0.15, 0.2) is 36.4 Å². The number of hydrogen-bond acceptors (Lipinski definition) is 3. The van der Waals surface area contributed by atoms with E-state index in [0.717, 1.165) is 18.4 Å². The van der Waals surface area contributed by atoms with Crippen LogP contribution in [-0.4, -0.2) is 16.6 Å². The molecule has 0 saturated heterocycles. The largest absolute Gasteiger partial charge is 0.478 e. The lowest BCUT2D eigenvalue weighted by Crippen LogP contribution is -2.02. The van der Waals surface area contributed by atoms with Gasteiger partial charge in [0.25, 0.3) is 0 Å². The van der Waals surface area contributed by atoms with E-state index in [1.54, 1.807) is 6.07 Å². The number of ether oxygens (including phenoxy) is 1. The first kappa shape index (κ1) is 14.8. The second-order valence-electron chi connectivity index (χ2n) is 5.10. The van der Waals surface area contributed by atoms with Crippen molar-refractivity contribution >= 4 is 11.6 Å². The molecule has 2 aromatic rings. The highest BCUT2D eigenvalue weighted by molar-refractivity contribution is 6.29. The van der Waals surface area contributed by atoms with Crippen molar-refractivity contribution < 1.29 is 4.74 Å². The topological polar surface area (TPSA) is 35.0 Å². The summed E-state index contributed by atoms with van der Waals surface area (Å²) in [5.74, 6) is 1.82. The van der Waals surface area contributed by atoms with Gasteiger partial charge in [-0.1, -0.05) is 55.8 Å². The summed E-state index contributed by atoms with van der Waals surface area (Å²) in [7, 11) is 0. The van der Waals surface area contributed by atoms with E-state index in [1.807, 2.05) is 30.3 Å². The number of hydrogen-bond donors (Lipinski definition) is 0. The van der Waals surface area contributed by atoms with Crippen LogP contribution in [0.2, 0.25) is 5.15 Å². The van der Waals surface area contributed by atoms with Crippen molar-refractivity contribution in [2.75, 3.05) is 6.61 Å². The molecule has 1 heterocycles. The number of halogens is 1. The first-order valence-corrected chi connectivity index (χ1v) is 7.26. The van der Waals surface area contributed by atoms with Gasteiger partial charge in [-0.25, -0.2) is 4.98 Å². The third-order valence-electron chi connectivity index (χ3n) is 2.88. The Morgan fingerprint density at radius 3 is 2.60 bits per heavy atom. The summed E-state index contributed by atoms with van der Waals surface area (Å²) in [4.78, 5) is 8.64. The molecule has 3 nitrogen and oxygen atoms in total. The lowest BCUT2D eigenvalue weighted by molar-refractivity contribution is 0.287. The van der Waals surface area contributed by atoms with Gasteiger partial charge in [0.1, 0.15) is 5.15 Å². The van der Waals surface area contributed by atoms with Gasteiger partial charge in [0, 0.05) is 11.6 Å². The van der Waals surface area contributed by atoms with E-state index in [4.69, 9.17) is 16.3 Å². The summed E-state index contributed by atoms with van der Waals surface area (Å²) >= 11 is 6.03. The minimum atomic E-state index is 0.401. The molecule has 0 amide bonds. The summed E-state index contributed by atoms with van der Waals surface area (Å²) in [6, 6.07) is 11.4. The molecule has 0 aliphatic heterocycles. The van der Waals surface area contributed by atoms with Crippen LogP contribution in [0, 0.1) is 5.92 Å². The van der Waals surface area contributed by atoms with Gasteiger partial charge >= 0.3 is 0 Å². The molecule has 0 N–H and O–H groups in total. The Kier molecular flexibility index (Phi) is 5.36. The average molecular weight is 291 g/mol. The molecule has 0 spiro atoms. The van der Waals surface area contributed by atoms with Crippen molar-refractivity contribution in [1.29, 1.82) is 0 Å². The highest BCUT2D eigenvalue weighted by Crippen LogP contribution is 2.21. The van der Waals surface area contributed by atoms with Gasteiger partial charge < -0.3 is 4.74 Å². The Balaban J connectivity index is 2.05. The predicted octanol–water partition coefficient (Wildman–Crippen LogP) is 4.61. The minimum Gasteiger partial charge on any atom is -0.478 e. The Labute approximate surface area is 125 Å². The third-order valence-corrected chi connectivity index (χ3v) is 3.07. The molecular weight excluding hydrogens is 272 g/mol. The molecule has 106 valence electrons. The summed E-state index contributed by atoms with van der Waals surface area (Å²) in [6.07, 6.45) is 2.16. The van der Waals surface area contributed by atoms with E-state index in [0.29, 0.717) is 29.4 Å². The molecule has 0 unspecified atom stereocenters. The quantitative estimate of drug-likeness (QED) is 0.575. The molecule has 0 aliphatic carbocycles. The van der Waals surface area contributed by atoms with Crippen LogP contribution in [0.5, 0.6) is 5.88 Å². The molecular formula is C16H19ClN2O. The molecule has 1 aromatic carbocycles. The van der Waals surface area contributed by atoms with Crippen molar-refractivity contribution in [3.05, 3.63) is 41.6 Å². The van der Waals surface area contributed by atoms with E-state index in [-0.39, 0.29) is 0 Å². The number of nitrogens with zero attached hydrogens (tertiary/aromatic N) is 2. The van der Waals surface area contributed by atoms with E-state index in [2.05, 4.69) is 23.8 Å². The van der Waals surface area contributed by atoms with Gasteiger partial charge in [0.15, 0.2) is 5.82 Å². The first-order chi connectivity index (χ1) is 9.65. The standard InChI is InChI=1S/C16H19ClN2O/c1-12(2)7-6-10-20-15-11-14(17)18-16(19-15)13-8-4-3-5-9-13/h3-5,8-9,11-12H,6-7,10H2,1-2H3. The fraction of sp³-hybridized carbons (Fsp3) is 0.375. The van der Waals surface area contributed by atoms with Gasteiger partial charge in [-0.2, -0.15) is 4.98 Å². The lowest BCUT2D eigenvalue weighted by atomic mass is 10.1. The Bertz CT molecular complexity index is 543. The zero-order valence-electron chi connectivity index (χ0n) is 11.8. The molecule has 0 bridgehead atoms. The lowest BCUT2D eigenvalue weighted by Gasteiger charge is -2.08. The molecule has 2 rings (SSSR count). The summed E-state index contributed by atoms with van der Waals surface area (Å²) in [5, 5.41) is 0.401. The zero-order chi connectivity index (χ0) is 14.4. The normalized spacial score (nSPS) is 10.8. The van der Waals surface area contributed by atoms with Crippen molar-refractivity contribution in [2.45, 2.75) is 26.7 Å². The monoisotopic (exact) mass is 290 g/mol. The summed E-state index contributed by atoms with van der Waals surface area (Å²) in [5.41, 5.74) is 0.932. The van der Waals surface area contributed by atoms with Crippen LogP contribution in [0.4, 0.5) is 0 Å². The molecule has 0 saturated carbocycles. The predicted molar refractivity (Wildman–Crippen MR) is 82.0 cm³/mol. The van der Waals surface area contributed by atoms with Crippen molar-refractivity contribution in [2.24, 2.45) is 5.92 Å². The Morgan fingerprint density at radius 1 is 1.15 bits per heavy atom. The van der Waals surface area contributed by atoms with Gasteiger partial charge in [-0.3, -0.25) is 0 Å². The highest BCUT2D eigenvalue weighted by Gasteiger charge is 2.06. The second-order valence-corrected chi connectivity index (χ2v) is 5.49. The second kappa shape index (κ2) is 7.25. The van der Waals surface area contributed by atoms with Crippen LogP contribution in [0.1, 0.15) is 26.7 Å². The number of rotatable bonds is 6. The molecule has 0 aliphatic rings. The minimum absolute atomic E-state index is 0.401. The van der Waals surface area contributed by atoms with Gasteiger partial charge in [0.2, 0.25) is 5.88 Å². The summed E-state index contributed by atoms with van der Waals surface area (Å²) < 4.78 is 5.66. The molecule has 1 aromatic heterocycles. The fourth-order valence-corrected chi connectivity index (χ4v) is 2.03. The first-order valence-electron chi connectivity index (χ1n) is 6.88. The van der Waals surface area contributed by atoms with Crippen LogP contribution >= 0.6 is 11.6 Å². The SMILES string of the molecule is CC(C)CCCOc1cc(Cl)nc(-c2ccccc2)n1. The fourth-order valence-electron chi connectivity index (χ4n) is 1.86. The third kappa shape index (κ3) is 4.49. The summed E-state index contributed by atoms with van der Waals surface area (Å²) in [6.45, 7) is 5.06. The van der Waals surface area contributed by atoms with Gasteiger partial charge in [-0.15, -0.1) is 0 Å². The zero-order valence-corrected chi connectivity index (χ0v) is 12.6. The molecule has 4 heteroatoms. The smallest absolute Gasteiger partial charge is 0.218 e. The van der Waals surface area contributed by atoms with E-state index >= 15 is 0 Å². The maximum Gasteiger partial charge on any atom is 0.218 e. The maximum absolute atomic E-state index is 6.03. The van der Waals surface area contributed by atoms with Gasteiger partial charge in [-0.05, 0) is 18.8 Å². The Morgan fingerprint density at radius 2 is 1.90 bits per heavy atom. The molecule has 0 atom stereocenters. The highest BCUT2D eigenvalue weighted by atomic mass is 35.5. The van der Waals surface area contributed by atoms with Crippen LogP contribution < -0.4 is 4.74 Å². The average Bonchev–Trinajstić information content (AvgIpc) is 2.44. The van der Waals surface area contributed by atoms with Crippen LogP contribution in [0.25, 0.3) is 11.4 Å². The van der Waals surface area contributed by atoms with Gasteiger partial charge in [0.05, 0.1) is 6.61 Å². The van der Waals surface area contributed by atoms with E-state index < -0.39 is 0 Å². The molecule has 20 heavy (non-hydrogen) atoms. The molecule has 0 fully saturated rings. The number of aromatic nitrogens is 2.